The number of carbonyl (C=O) groups excluding carboxylic acids is 1. The number of aromatic hydroxyl groups is 2. The van der Waals surface area contributed by atoms with Crippen molar-refractivity contribution >= 4 is 34.8 Å². The minimum Gasteiger partial charge on any atom is -0.507 e. The van der Waals surface area contributed by atoms with E-state index in [9.17, 15) is 15.0 Å². The second kappa shape index (κ2) is 6.10. The van der Waals surface area contributed by atoms with Gasteiger partial charge in [-0.05, 0) is 36.6 Å². The van der Waals surface area contributed by atoms with E-state index >= 15 is 0 Å². The molecule has 0 aromatic heterocycles. The zero-order valence-electron chi connectivity index (χ0n) is 11.8. The lowest BCUT2D eigenvalue weighted by atomic mass is 10.1. The van der Waals surface area contributed by atoms with E-state index in [1.807, 2.05) is 0 Å². The summed E-state index contributed by atoms with van der Waals surface area (Å²) in [5.41, 5.74) is 4.20. The van der Waals surface area contributed by atoms with Crippen LogP contribution in [-0.4, -0.2) is 21.8 Å². The molecule has 0 atom stereocenters. The molecule has 0 heterocycles. The highest BCUT2D eigenvalue weighted by molar-refractivity contribution is 6.37. The van der Waals surface area contributed by atoms with Crippen molar-refractivity contribution in [3.63, 3.8) is 0 Å². The van der Waals surface area contributed by atoms with Gasteiger partial charge in [0.05, 0.1) is 16.3 Å². The summed E-state index contributed by atoms with van der Waals surface area (Å²) in [4.78, 5) is 12.1. The number of fused-ring (bicyclic) bond motifs is 1. The maximum absolute atomic E-state index is 12.1. The zero-order valence-corrected chi connectivity index (χ0v) is 13.3. The van der Waals surface area contributed by atoms with Gasteiger partial charge in [-0.3, -0.25) is 4.79 Å². The van der Waals surface area contributed by atoms with E-state index in [4.69, 9.17) is 23.2 Å². The highest BCUT2D eigenvalue weighted by atomic mass is 35.5. The Morgan fingerprint density at radius 3 is 2.61 bits per heavy atom. The highest BCUT2D eigenvalue weighted by Gasteiger charge is 2.26. The Hall–Kier alpha value is -2.24. The first-order valence-electron chi connectivity index (χ1n) is 6.84. The van der Waals surface area contributed by atoms with Crippen molar-refractivity contribution in [3.8, 4) is 11.5 Å². The molecule has 1 aliphatic rings. The van der Waals surface area contributed by atoms with Gasteiger partial charge in [0.15, 0.2) is 0 Å². The van der Waals surface area contributed by atoms with Crippen molar-refractivity contribution < 1.29 is 15.0 Å². The first kappa shape index (κ1) is 15.6. The van der Waals surface area contributed by atoms with Gasteiger partial charge < -0.3 is 10.2 Å². The van der Waals surface area contributed by atoms with E-state index in [2.05, 4.69) is 10.5 Å². The van der Waals surface area contributed by atoms with E-state index in [0.717, 1.165) is 5.56 Å². The Morgan fingerprint density at radius 2 is 1.87 bits per heavy atom. The number of nitrogens with zero attached hydrogens (tertiary/aromatic N) is 1. The Balaban J connectivity index is 1.90. The summed E-state index contributed by atoms with van der Waals surface area (Å²) in [7, 11) is 0. The number of phenols is 2. The maximum atomic E-state index is 12.1. The molecule has 0 saturated heterocycles. The summed E-state index contributed by atoms with van der Waals surface area (Å²) in [6.07, 6.45) is 1.12. The fourth-order valence-electron chi connectivity index (χ4n) is 2.53. The minimum atomic E-state index is -0.545. The maximum Gasteiger partial charge on any atom is 0.275 e. The number of rotatable bonds is 2. The molecule has 23 heavy (non-hydrogen) atoms. The monoisotopic (exact) mass is 350 g/mol. The van der Waals surface area contributed by atoms with E-state index in [0.29, 0.717) is 29.1 Å². The number of amides is 1. The molecule has 1 aliphatic carbocycles. The molecule has 5 nitrogen and oxygen atoms in total. The number of phenolic OH excluding ortho intramolecular Hbond substituents is 2. The molecule has 0 saturated carbocycles. The van der Waals surface area contributed by atoms with Crippen LogP contribution in [0.15, 0.2) is 35.4 Å². The Kier molecular flexibility index (Phi) is 4.15. The lowest BCUT2D eigenvalue weighted by molar-refractivity contribution is 0.0952. The number of para-hydroxylation sites is 1. The van der Waals surface area contributed by atoms with E-state index in [1.54, 1.807) is 12.1 Å². The molecular weight excluding hydrogens is 339 g/mol. The Bertz CT molecular complexity index is 834. The van der Waals surface area contributed by atoms with Crippen LogP contribution < -0.4 is 5.43 Å². The van der Waals surface area contributed by atoms with Crippen molar-refractivity contribution in [3.05, 3.63) is 57.1 Å². The molecule has 2 aromatic carbocycles. The Labute approximate surface area is 142 Å². The SMILES string of the molecule is O=C(NN=C1CCc2c(Cl)cc(Cl)c(O)c21)c1ccccc1O. The normalized spacial score (nSPS) is 14.8. The molecular formula is C16H12Cl2N2O3. The zero-order chi connectivity index (χ0) is 16.6. The summed E-state index contributed by atoms with van der Waals surface area (Å²) < 4.78 is 0. The number of nitrogens with one attached hydrogen (secondary N) is 1. The van der Waals surface area contributed by atoms with Gasteiger partial charge in [-0.2, -0.15) is 5.10 Å². The lowest BCUT2D eigenvalue weighted by Gasteiger charge is -2.08. The second-order valence-electron chi connectivity index (χ2n) is 5.06. The number of hydrazone groups is 1. The molecule has 0 unspecified atom stereocenters. The molecule has 0 spiro atoms. The van der Waals surface area contributed by atoms with E-state index in [-0.39, 0.29) is 22.1 Å². The molecule has 0 aliphatic heterocycles. The summed E-state index contributed by atoms with van der Waals surface area (Å²) in [5.74, 6) is -0.776. The largest absolute Gasteiger partial charge is 0.507 e. The molecule has 118 valence electrons. The third-order valence-corrected chi connectivity index (χ3v) is 4.27. The standard InChI is InChI=1S/C16H12Cl2N2O3/c17-10-7-11(18)15(22)14-8(10)5-6-12(14)19-20-16(23)9-3-1-2-4-13(9)21/h1-4,7,21-22H,5-6H2,(H,20,23). The third kappa shape index (κ3) is 2.85. The van der Waals surface area contributed by atoms with Crippen molar-refractivity contribution in [1.82, 2.24) is 5.43 Å². The van der Waals surface area contributed by atoms with E-state index in [1.165, 1.54) is 18.2 Å². The van der Waals surface area contributed by atoms with Gasteiger partial charge in [-0.1, -0.05) is 35.3 Å². The van der Waals surface area contributed by atoms with Gasteiger partial charge in [0.25, 0.3) is 5.91 Å². The van der Waals surface area contributed by atoms with E-state index < -0.39 is 5.91 Å². The quantitative estimate of drug-likeness (QED) is 0.725. The molecule has 7 heteroatoms. The van der Waals surface area contributed by atoms with Crippen molar-refractivity contribution in [2.45, 2.75) is 12.8 Å². The fraction of sp³-hybridized carbons (Fsp3) is 0.125. The minimum absolute atomic E-state index is 0.0980. The molecule has 3 rings (SSSR count). The van der Waals surface area contributed by atoms with Crippen molar-refractivity contribution in [2.75, 3.05) is 0 Å². The van der Waals surface area contributed by atoms with Gasteiger partial charge in [0.1, 0.15) is 11.5 Å². The summed E-state index contributed by atoms with van der Waals surface area (Å²) >= 11 is 12.1. The highest BCUT2D eigenvalue weighted by Crippen LogP contribution is 2.40. The number of halogens is 2. The average Bonchev–Trinajstić information content (AvgIpc) is 2.95. The first-order valence-corrected chi connectivity index (χ1v) is 7.59. The summed E-state index contributed by atoms with van der Waals surface area (Å²) in [6.45, 7) is 0. The topological polar surface area (TPSA) is 81.9 Å². The lowest BCUT2D eigenvalue weighted by Crippen LogP contribution is -2.19. The van der Waals surface area contributed by atoms with Crippen LogP contribution in [0.1, 0.15) is 27.9 Å². The van der Waals surface area contributed by atoms with Crippen LogP contribution in [0.3, 0.4) is 0 Å². The molecule has 1 amide bonds. The number of hydrogen-bond donors (Lipinski definition) is 3. The molecule has 3 N–H and O–H groups in total. The van der Waals surface area contributed by atoms with Crippen molar-refractivity contribution in [1.29, 1.82) is 0 Å². The van der Waals surface area contributed by atoms with Crippen molar-refractivity contribution in [2.24, 2.45) is 5.10 Å². The van der Waals surface area contributed by atoms with Crippen LogP contribution in [0.2, 0.25) is 10.0 Å². The van der Waals surface area contributed by atoms with Gasteiger partial charge in [-0.15, -0.1) is 0 Å². The third-order valence-electron chi connectivity index (χ3n) is 3.65. The van der Waals surface area contributed by atoms with Crippen LogP contribution in [-0.2, 0) is 6.42 Å². The molecule has 0 bridgehead atoms. The fourth-order valence-corrected chi connectivity index (χ4v) is 3.09. The van der Waals surface area contributed by atoms with Crippen LogP contribution in [0.25, 0.3) is 0 Å². The van der Waals surface area contributed by atoms with Gasteiger partial charge in [0, 0.05) is 10.6 Å². The second-order valence-corrected chi connectivity index (χ2v) is 5.87. The van der Waals surface area contributed by atoms with Gasteiger partial charge in [-0.25, -0.2) is 5.43 Å². The predicted molar refractivity (Wildman–Crippen MR) is 88.6 cm³/mol. The van der Waals surface area contributed by atoms with Crippen LogP contribution in [0.5, 0.6) is 11.5 Å². The smallest absolute Gasteiger partial charge is 0.275 e. The average molecular weight is 351 g/mol. The number of benzene rings is 2. The summed E-state index contributed by atoms with van der Waals surface area (Å²) in [6, 6.07) is 7.64. The Morgan fingerprint density at radius 1 is 1.13 bits per heavy atom. The van der Waals surface area contributed by atoms with Crippen LogP contribution in [0.4, 0.5) is 0 Å². The molecule has 0 radical (unpaired) electrons. The molecule has 2 aromatic rings. The van der Waals surface area contributed by atoms with Crippen LogP contribution in [0, 0.1) is 0 Å². The van der Waals surface area contributed by atoms with Crippen LogP contribution >= 0.6 is 23.2 Å². The number of hydrogen-bond acceptors (Lipinski definition) is 4. The molecule has 0 fully saturated rings. The predicted octanol–water partition coefficient (Wildman–Crippen LogP) is 3.48. The number of carbonyl (C=O) groups is 1. The summed E-state index contributed by atoms with van der Waals surface area (Å²) in [5, 5.41) is 24.4. The van der Waals surface area contributed by atoms with Gasteiger partial charge >= 0.3 is 0 Å². The van der Waals surface area contributed by atoms with Gasteiger partial charge in [0.2, 0.25) is 0 Å². The first-order chi connectivity index (χ1) is 11.0.